The van der Waals surface area contributed by atoms with Crippen LogP contribution >= 0.6 is 0 Å². The van der Waals surface area contributed by atoms with Crippen LogP contribution < -0.4 is 0 Å². The summed E-state index contributed by atoms with van der Waals surface area (Å²) in [7, 11) is -3.46. The summed E-state index contributed by atoms with van der Waals surface area (Å²) in [4.78, 5) is 7.03. The number of piperidine rings is 3. The van der Waals surface area contributed by atoms with Crippen molar-refractivity contribution in [3.05, 3.63) is 60.4 Å². The van der Waals surface area contributed by atoms with Gasteiger partial charge in [0.2, 0.25) is 10.0 Å². The molecule has 4 atom stereocenters. The van der Waals surface area contributed by atoms with E-state index in [1.165, 1.54) is 31.0 Å². The molecule has 3 saturated heterocycles. The molecule has 148 valence electrons. The number of fused-ring (bicyclic) bond motifs is 4. The average Bonchev–Trinajstić information content (AvgIpc) is 2.74. The van der Waals surface area contributed by atoms with Crippen LogP contribution in [0.15, 0.2) is 59.8 Å². The molecule has 2 aromatic rings. The first-order chi connectivity index (χ1) is 13.6. The highest BCUT2D eigenvalue weighted by molar-refractivity contribution is 7.89. The number of rotatable bonds is 3. The highest BCUT2D eigenvalue weighted by atomic mass is 32.2. The Morgan fingerprint density at radius 1 is 0.964 bits per heavy atom. The topological polar surface area (TPSA) is 53.5 Å². The van der Waals surface area contributed by atoms with E-state index in [2.05, 4.69) is 40.2 Å². The summed E-state index contributed by atoms with van der Waals surface area (Å²) in [6.07, 6.45) is 7.85. The molecule has 3 fully saturated rings. The third-order valence-corrected chi connectivity index (χ3v) is 8.62. The standard InChI is InChI=1S/C22H27N3O2S/c26-28(27,20-8-5-11-23-13-20)24-14-17-12-19(16-24)22-10-4-9-21(25(22)15-17)18-6-2-1-3-7-18/h1-3,5-8,11,13,17,19,21-22H,4,9-10,12,14-16H2/t17-,19+,21+,22-/m0/s1. The first-order valence-electron chi connectivity index (χ1n) is 10.3. The fourth-order valence-electron chi connectivity index (χ4n) is 5.64. The van der Waals surface area contributed by atoms with Gasteiger partial charge >= 0.3 is 0 Å². The zero-order chi connectivity index (χ0) is 19.1. The van der Waals surface area contributed by atoms with Crippen molar-refractivity contribution in [2.24, 2.45) is 11.8 Å². The van der Waals surface area contributed by atoms with Crippen molar-refractivity contribution >= 4 is 10.0 Å². The predicted octanol–water partition coefficient (Wildman–Crippen LogP) is 3.32. The summed E-state index contributed by atoms with van der Waals surface area (Å²) in [6, 6.07) is 15.2. The molecule has 0 aliphatic carbocycles. The molecule has 4 heterocycles. The van der Waals surface area contributed by atoms with Gasteiger partial charge in [-0.25, -0.2) is 8.42 Å². The van der Waals surface area contributed by atoms with Gasteiger partial charge in [-0.3, -0.25) is 9.88 Å². The predicted molar refractivity (Wildman–Crippen MR) is 108 cm³/mol. The quantitative estimate of drug-likeness (QED) is 0.797. The summed E-state index contributed by atoms with van der Waals surface area (Å²) in [5.41, 5.74) is 1.41. The van der Waals surface area contributed by atoms with Gasteiger partial charge in [0, 0.05) is 44.1 Å². The van der Waals surface area contributed by atoms with E-state index in [0.29, 0.717) is 41.9 Å². The number of aromatic nitrogens is 1. The second kappa shape index (κ2) is 7.25. The van der Waals surface area contributed by atoms with Crippen LogP contribution in [0.1, 0.15) is 37.3 Å². The van der Waals surface area contributed by atoms with E-state index in [-0.39, 0.29) is 0 Å². The summed E-state index contributed by atoms with van der Waals surface area (Å²) in [6.45, 7) is 2.26. The monoisotopic (exact) mass is 397 g/mol. The van der Waals surface area contributed by atoms with Crippen LogP contribution in [0.5, 0.6) is 0 Å². The van der Waals surface area contributed by atoms with Gasteiger partial charge in [-0.15, -0.1) is 0 Å². The summed E-state index contributed by atoms with van der Waals surface area (Å²) < 4.78 is 28.0. The molecule has 5 rings (SSSR count). The Morgan fingerprint density at radius 3 is 2.61 bits per heavy atom. The van der Waals surface area contributed by atoms with Crippen LogP contribution in [-0.4, -0.2) is 48.3 Å². The first kappa shape index (κ1) is 18.3. The molecule has 0 saturated carbocycles. The lowest BCUT2D eigenvalue weighted by molar-refractivity contribution is -0.0416. The maximum Gasteiger partial charge on any atom is 0.244 e. The minimum absolute atomic E-state index is 0.317. The molecule has 1 aromatic heterocycles. The Balaban J connectivity index is 1.40. The number of hydrogen-bond donors (Lipinski definition) is 0. The second-order valence-corrected chi connectivity index (χ2v) is 10.4. The van der Waals surface area contributed by atoms with Crippen molar-refractivity contribution in [1.82, 2.24) is 14.2 Å². The van der Waals surface area contributed by atoms with Crippen LogP contribution in [0.2, 0.25) is 0 Å². The SMILES string of the molecule is O=S(=O)(c1cccnc1)N1C[C@@H]2C[C@H](C1)[C@@H]1CCC[C@H](c3ccccc3)N1C2. The molecule has 3 aliphatic heterocycles. The molecule has 0 spiro atoms. The van der Waals surface area contributed by atoms with E-state index in [9.17, 15) is 8.42 Å². The summed E-state index contributed by atoms with van der Waals surface area (Å²) in [5, 5.41) is 0. The van der Waals surface area contributed by atoms with Crippen molar-refractivity contribution < 1.29 is 8.42 Å². The number of nitrogens with zero attached hydrogens (tertiary/aromatic N) is 3. The minimum atomic E-state index is -3.46. The Labute approximate surface area is 167 Å². The molecule has 0 unspecified atom stereocenters. The van der Waals surface area contributed by atoms with Crippen LogP contribution in [0.3, 0.4) is 0 Å². The molecule has 28 heavy (non-hydrogen) atoms. The van der Waals surface area contributed by atoms with Gasteiger partial charge in [0.25, 0.3) is 0 Å². The third kappa shape index (κ3) is 3.17. The van der Waals surface area contributed by atoms with Crippen molar-refractivity contribution in [1.29, 1.82) is 0 Å². The van der Waals surface area contributed by atoms with E-state index < -0.39 is 10.0 Å². The number of benzene rings is 1. The summed E-state index contributed by atoms with van der Waals surface area (Å²) in [5.74, 6) is 0.830. The van der Waals surface area contributed by atoms with Gasteiger partial charge in [-0.05, 0) is 55.2 Å². The van der Waals surface area contributed by atoms with Gasteiger partial charge in [0.1, 0.15) is 4.90 Å². The van der Waals surface area contributed by atoms with Crippen LogP contribution in [0.25, 0.3) is 0 Å². The van der Waals surface area contributed by atoms with Gasteiger partial charge < -0.3 is 0 Å². The summed E-state index contributed by atoms with van der Waals surface area (Å²) >= 11 is 0. The molecule has 5 nitrogen and oxygen atoms in total. The molecule has 0 radical (unpaired) electrons. The maximum atomic E-state index is 13.1. The van der Waals surface area contributed by atoms with Gasteiger partial charge in [0.05, 0.1) is 0 Å². The highest BCUT2D eigenvalue weighted by Crippen LogP contribution is 2.45. The lowest BCUT2D eigenvalue weighted by Gasteiger charge is -2.55. The zero-order valence-corrected chi connectivity index (χ0v) is 16.8. The molecule has 1 aromatic carbocycles. The molecule has 0 N–H and O–H groups in total. The fraction of sp³-hybridized carbons (Fsp3) is 0.500. The minimum Gasteiger partial charge on any atom is -0.293 e. The van der Waals surface area contributed by atoms with E-state index in [0.717, 1.165) is 13.0 Å². The molecular weight excluding hydrogens is 370 g/mol. The van der Waals surface area contributed by atoms with Crippen LogP contribution in [-0.2, 0) is 10.0 Å². The highest BCUT2D eigenvalue weighted by Gasteiger charge is 2.47. The lowest BCUT2D eigenvalue weighted by atomic mass is 9.74. The Kier molecular flexibility index (Phi) is 4.73. The normalized spacial score (nSPS) is 31.3. The maximum absolute atomic E-state index is 13.1. The Hall–Kier alpha value is -1.76. The first-order valence-corrected chi connectivity index (χ1v) is 11.8. The van der Waals surface area contributed by atoms with E-state index in [1.807, 2.05) is 0 Å². The van der Waals surface area contributed by atoms with Crippen molar-refractivity contribution in [2.75, 3.05) is 19.6 Å². The molecule has 3 aliphatic rings. The lowest BCUT2D eigenvalue weighted by Crippen LogP contribution is -2.60. The largest absolute Gasteiger partial charge is 0.293 e. The van der Waals surface area contributed by atoms with E-state index in [4.69, 9.17) is 0 Å². The van der Waals surface area contributed by atoms with Crippen LogP contribution in [0, 0.1) is 11.8 Å². The van der Waals surface area contributed by atoms with E-state index in [1.54, 1.807) is 22.6 Å². The van der Waals surface area contributed by atoms with Crippen molar-refractivity contribution in [3.63, 3.8) is 0 Å². The van der Waals surface area contributed by atoms with Crippen molar-refractivity contribution in [3.8, 4) is 0 Å². The molecule has 6 heteroatoms. The fourth-order valence-corrected chi connectivity index (χ4v) is 7.18. The van der Waals surface area contributed by atoms with Crippen LogP contribution in [0.4, 0.5) is 0 Å². The van der Waals surface area contributed by atoms with Gasteiger partial charge in [0.15, 0.2) is 0 Å². The number of sulfonamides is 1. The zero-order valence-electron chi connectivity index (χ0n) is 16.0. The number of pyridine rings is 1. The van der Waals surface area contributed by atoms with E-state index >= 15 is 0 Å². The molecule has 2 bridgehead atoms. The molecular formula is C22H27N3O2S. The second-order valence-electron chi connectivity index (χ2n) is 8.49. The average molecular weight is 398 g/mol. The Bertz CT molecular complexity index is 919. The van der Waals surface area contributed by atoms with Crippen molar-refractivity contribution in [2.45, 2.75) is 42.7 Å². The molecule has 0 amide bonds. The smallest absolute Gasteiger partial charge is 0.244 e. The van der Waals surface area contributed by atoms with Gasteiger partial charge in [-0.2, -0.15) is 4.31 Å². The Morgan fingerprint density at radius 2 is 1.82 bits per heavy atom. The van der Waals surface area contributed by atoms with Gasteiger partial charge in [-0.1, -0.05) is 30.3 Å². The third-order valence-electron chi connectivity index (χ3n) is 6.81. The number of hydrogen-bond acceptors (Lipinski definition) is 4.